The van der Waals surface area contributed by atoms with E-state index in [4.69, 9.17) is 11.6 Å². The third-order valence-electron chi connectivity index (χ3n) is 4.57. The number of benzene rings is 2. The van der Waals surface area contributed by atoms with Gasteiger partial charge in [-0.1, -0.05) is 37.1 Å². The molecule has 0 saturated heterocycles. The van der Waals surface area contributed by atoms with E-state index in [1.807, 2.05) is 35.2 Å². The molecule has 0 atom stereocenters. The topological polar surface area (TPSA) is 49.4 Å². The van der Waals surface area contributed by atoms with Gasteiger partial charge in [0.05, 0.1) is 14.9 Å². The van der Waals surface area contributed by atoms with Gasteiger partial charge < -0.3 is 10.2 Å². The SMILES string of the molecule is CCCCN1C(=O)c2cccc3c(NC(=O)c4ccc(Cl)s4)ccc1c23. The standard InChI is InChI=1S/C20H17ClN2O2S/c1-2-3-11-23-15-8-7-14(22-19(24)16-9-10-17(21)26-16)12-5-4-6-13(18(12)15)20(23)25/h4-10H,2-3,11H2,1H3,(H,22,24). The Hall–Kier alpha value is -2.37. The van der Waals surface area contributed by atoms with Gasteiger partial charge in [-0.2, -0.15) is 0 Å². The summed E-state index contributed by atoms with van der Waals surface area (Å²) in [5.41, 5.74) is 2.32. The quantitative estimate of drug-likeness (QED) is 0.625. The minimum absolute atomic E-state index is 0.0348. The maximum atomic E-state index is 12.8. The number of nitrogens with zero attached hydrogens (tertiary/aromatic N) is 1. The minimum atomic E-state index is -0.199. The zero-order valence-corrected chi connectivity index (χ0v) is 15.8. The van der Waals surface area contributed by atoms with Crippen molar-refractivity contribution >= 4 is 56.9 Å². The second kappa shape index (κ2) is 6.74. The van der Waals surface area contributed by atoms with Crippen LogP contribution in [0.25, 0.3) is 10.8 Å². The van der Waals surface area contributed by atoms with Crippen LogP contribution in [0.3, 0.4) is 0 Å². The molecule has 0 aliphatic carbocycles. The van der Waals surface area contributed by atoms with Crippen LogP contribution in [-0.2, 0) is 0 Å². The molecule has 1 aromatic heterocycles. The summed E-state index contributed by atoms with van der Waals surface area (Å²) >= 11 is 7.16. The molecule has 1 N–H and O–H groups in total. The first-order valence-electron chi connectivity index (χ1n) is 8.54. The second-order valence-corrected chi connectivity index (χ2v) is 7.94. The van der Waals surface area contributed by atoms with Crippen molar-refractivity contribution in [2.45, 2.75) is 19.8 Å². The molecule has 4 nitrogen and oxygen atoms in total. The number of unbranched alkanes of at least 4 members (excludes halogenated alkanes) is 1. The van der Waals surface area contributed by atoms with Gasteiger partial charge >= 0.3 is 0 Å². The summed E-state index contributed by atoms with van der Waals surface area (Å²) in [6.07, 6.45) is 1.99. The number of anilines is 2. The van der Waals surface area contributed by atoms with Gasteiger partial charge in [0.1, 0.15) is 0 Å². The molecule has 2 heterocycles. The summed E-state index contributed by atoms with van der Waals surface area (Å²) in [5.74, 6) is -0.165. The van der Waals surface area contributed by atoms with Crippen molar-refractivity contribution in [3.63, 3.8) is 0 Å². The lowest BCUT2D eigenvalue weighted by Gasteiger charge is -2.17. The molecular formula is C20H17ClN2O2S. The number of amides is 2. The van der Waals surface area contributed by atoms with Crippen LogP contribution in [0.15, 0.2) is 42.5 Å². The Labute approximate surface area is 160 Å². The summed E-state index contributed by atoms with van der Waals surface area (Å²) in [6.45, 7) is 2.82. The zero-order chi connectivity index (χ0) is 18.3. The lowest BCUT2D eigenvalue weighted by atomic mass is 10.0. The molecule has 2 aromatic carbocycles. The fourth-order valence-electron chi connectivity index (χ4n) is 3.31. The number of hydrogen-bond acceptors (Lipinski definition) is 3. The predicted molar refractivity (Wildman–Crippen MR) is 108 cm³/mol. The van der Waals surface area contributed by atoms with E-state index in [2.05, 4.69) is 12.2 Å². The molecule has 0 fully saturated rings. The number of carbonyl (C=O) groups is 2. The van der Waals surface area contributed by atoms with E-state index < -0.39 is 0 Å². The number of nitrogens with one attached hydrogen (secondary N) is 1. The molecule has 0 spiro atoms. The number of carbonyl (C=O) groups excluding carboxylic acids is 2. The van der Waals surface area contributed by atoms with E-state index in [-0.39, 0.29) is 11.8 Å². The third-order valence-corrected chi connectivity index (χ3v) is 5.80. The molecule has 1 aliphatic rings. The molecule has 2 amide bonds. The molecule has 0 bridgehead atoms. The number of halogens is 1. The fraction of sp³-hybridized carbons (Fsp3) is 0.200. The minimum Gasteiger partial charge on any atom is -0.321 e. The van der Waals surface area contributed by atoms with E-state index in [9.17, 15) is 9.59 Å². The van der Waals surface area contributed by atoms with Crippen LogP contribution in [0.1, 0.15) is 39.8 Å². The van der Waals surface area contributed by atoms with Crippen molar-refractivity contribution in [3.8, 4) is 0 Å². The van der Waals surface area contributed by atoms with Gasteiger partial charge in [-0.05, 0) is 36.8 Å². The predicted octanol–water partition coefficient (Wildman–Crippen LogP) is 5.57. The van der Waals surface area contributed by atoms with Crippen LogP contribution in [0.5, 0.6) is 0 Å². The first-order valence-corrected chi connectivity index (χ1v) is 9.74. The van der Waals surface area contributed by atoms with Gasteiger partial charge in [-0.15, -0.1) is 11.3 Å². The van der Waals surface area contributed by atoms with Crippen molar-refractivity contribution in [2.75, 3.05) is 16.8 Å². The van der Waals surface area contributed by atoms with E-state index in [0.29, 0.717) is 27.0 Å². The molecule has 6 heteroatoms. The third kappa shape index (κ3) is 2.77. The molecule has 0 saturated carbocycles. The molecule has 0 unspecified atom stereocenters. The second-order valence-electron chi connectivity index (χ2n) is 6.23. The lowest BCUT2D eigenvalue weighted by molar-refractivity contribution is 0.0991. The maximum absolute atomic E-state index is 12.8. The van der Waals surface area contributed by atoms with Crippen LogP contribution >= 0.6 is 22.9 Å². The van der Waals surface area contributed by atoms with Gasteiger partial charge in [0.2, 0.25) is 0 Å². The number of hydrogen-bond donors (Lipinski definition) is 1. The van der Waals surface area contributed by atoms with Crippen molar-refractivity contribution < 1.29 is 9.59 Å². The smallest absolute Gasteiger partial charge is 0.265 e. The van der Waals surface area contributed by atoms with E-state index >= 15 is 0 Å². The molecule has 3 aromatic rings. The van der Waals surface area contributed by atoms with Crippen LogP contribution in [-0.4, -0.2) is 18.4 Å². The number of rotatable bonds is 5. The van der Waals surface area contributed by atoms with Crippen molar-refractivity contribution in [3.05, 3.63) is 57.2 Å². The lowest BCUT2D eigenvalue weighted by Crippen LogP contribution is -2.27. The highest BCUT2D eigenvalue weighted by atomic mass is 35.5. The highest BCUT2D eigenvalue weighted by Gasteiger charge is 2.30. The summed E-state index contributed by atoms with van der Waals surface area (Å²) in [6, 6.07) is 12.9. The molecule has 0 radical (unpaired) electrons. The Bertz CT molecular complexity index is 1030. The summed E-state index contributed by atoms with van der Waals surface area (Å²) in [7, 11) is 0. The Balaban J connectivity index is 1.74. The molecule has 1 aliphatic heterocycles. The van der Waals surface area contributed by atoms with E-state index in [0.717, 1.165) is 29.3 Å². The van der Waals surface area contributed by atoms with Crippen LogP contribution in [0.4, 0.5) is 11.4 Å². The monoisotopic (exact) mass is 384 g/mol. The normalized spacial score (nSPS) is 12.8. The maximum Gasteiger partial charge on any atom is 0.265 e. The first kappa shape index (κ1) is 17.1. The molecule has 132 valence electrons. The van der Waals surface area contributed by atoms with Gasteiger partial charge in [0.25, 0.3) is 11.8 Å². The average Bonchev–Trinajstić information content (AvgIpc) is 3.19. The van der Waals surface area contributed by atoms with Gasteiger partial charge in [-0.3, -0.25) is 9.59 Å². The average molecular weight is 385 g/mol. The summed E-state index contributed by atoms with van der Waals surface area (Å²) in [4.78, 5) is 27.7. The largest absolute Gasteiger partial charge is 0.321 e. The molecular weight excluding hydrogens is 368 g/mol. The summed E-state index contributed by atoms with van der Waals surface area (Å²) < 4.78 is 0.577. The Morgan fingerprint density at radius 3 is 2.77 bits per heavy atom. The van der Waals surface area contributed by atoms with Crippen LogP contribution in [0.2, 0.25) is 4.34 Å². The van der Waals surface area contributed by atoms with Crippen LogP contribution in [0, 0.1) is 0 Å². The van der Waals surface area contributed by atoms with Crippen molar-refractivity contribution in [2.24, 2.45) is 0 Å². The Kier molecular flexibility index (Phi) is 4.42. The van der Waals surface area contributed by atoms with E-state index in [1.54, 1.807) is 12.1 Å². The van der Waals surface area contributed by atoms with Crippen molar-refractivity contribution in [1.82, 2.24) is 0 Å². The highest BCUT2D eigenvalue weighted by molar-refractivity contribution is 7.18. The van der Waals surface area contributed by atoms with Crippen molar-refractivity contribution in [1.29, 1.82) is 0 Å². The highest BCUT2D eigenvalue weighted by Crippen LogP contribution is 2.40. The molecule has 4 rings (SSSR count). The summed E-state index contributed by atoms with van der Waals surface area (Å²) in [5, 5.41) is 4.74. The first-order chi connectivity index (χ1) is 12.6. The number of thiophene rings is 1. The Morgan fingerprint density at radius 2 is 2.04 bits per heavy atom. The Morgan fingerprint density at radius 1 is 1.19 bits per heavy atom. The van der Waals surface area contributed by atoms with Crippen LogP contribution < -0.4 is 10.2 Å². The van der Waals surface area contributed by atoms with Gasteiger partial charge in [0.15, 0.2) is 0 Å². The fourth-order valence-corrected chi connectivity index (χ4v) is 4.25. The van der Waals surface area contributed by atoms with Gasteiger partial charge in [0, 0.05) is 28.6 Å². The molecule has 26 heavy (non-hydrogen) atoms. The zero-order valence-electron chi connectivity index (χ0n) is 14.2. The van der Waals surface area contributed by atoms with E-state index in [1.165, 1.54) is 11.3 Å². The van der Waals surface area contributed by atoms with Gasteiger partial charge in [-0.25, -0.2) is 0 Å².